The van der Waals surface area contributed by atoms with Crippen LogP contribution in [0.2, 0.25) is 0 Å². The zero-order chi connectivity index (χ0) is 15.3. The fourth-order valence-corrected chi connectivity index (χ4v) is 3.10. The maximum atomic E-state index is 12.8. The van der Waals surface area contributed by atoms with E-state index in [4.69, 9.17) is 5.73 Å². The van der Waals surface area contributed by atoms with Gasteiger partial charge in [0.15, 0.2) is 0 Å². The molecule has 1 heterocycles. The maximum Gasteiger partial charge on any atom is 0.230 e. The minimum absolute atomic E-state index is 0. The number of amides is 1. The molecule has 3 N–H and O–H groups in total. The number of likely N-dealkylation sites (tertiary alicyclic amines) is 1. The van der Waals surface area contributed by atoms with Crippen LogP contribution >= 0.6 is 24.8 Å². The first-order valence-electron chi connectivity index (χ1n) is 7.96. The Kier molecular flexibility index (Phi) is 9.59. The van der Waals surface area contributed by atoms with Crippen LogP contribution in [0.15, 0.2) is 30.3 Å². The van der Waals surface area contributed by atoms with E-state index in [2.05, 4.69) is 31.3 Å². The van der Waals surface area contributed by atoms with Crippen molar-refractivity contribution in [3.63, 3.8) is 0 Å². The molecule has 0 aromatic heterocycles. The number of nitrogens with two attached hydrogens (primary N) is 1. The number of nitrogens with one attached hydrogen (secondary N) is 1. The van der Waals surface area contributed by atoms with Gasteiger partial charge in [0, 0.05) is 31.4 Å². The molecule has 1 aliphatic rings. The third kappa shape index (κ3) is 5.00. The Hall–Kier alpha value is -0.970. The quantitative estimate of drug-likeness (QED) is 0.816. The average molecular weight is 362 g/mol. The summed E-state index contributed by atoms with van der Waals surface area (Å²) < 4.78 is 0. The molecular weight excluding hydrogens is 333 g/mol. The van der Waals surface area contributed by atoms with Gasteiger partial charge in [0.1, 0.15) is 0 Å². The van der Waals surface area contributed by atoms with E-state index in [9.17, 15) is 4.79 Å². The molecule has 1 atom stereocenters. The summed E-state index contributed by atoms with van der Waals surface area (Å²) >= 11 is 0. The fourth-order valence-electron chi connectivity index (χ4n) is 3.10. The molecule has 1 unspecified atom stereocenters. The van der Waals surface area contributed by atoms with Crippen molar-refractivity contribution >= 4 is 36.4 Å². The van der Waals surface area contributed by atoms with Gasteiger partial charge in [0.2, 0.25) is 5.91 Å². The van der Waals surface area contributed by atoms with Crippen LogP contribution < -0.4 is 11.1 Å². The molecule has 1 aromatic rings. The molecule has 6 heteroatoms. The molecule has 1 aliphatic heterocycles. The van der Waals surface area contributed by atoms with E-state index in [-0.39, 0.29) is 36.1 Å². The van der Waals surface area contributed by atoms with Crippen LogP contribution in [-0.2, 0) is 4.79 Å². The van der Waals surface area contributed by atoms with E-state index in [0.29, 0.717) is 12.6 Å². The molecule has 1 fully saturated rings. The predicted octanol–water partition coefficient (Wildman–Crippen LogP) is 3.31. The van der Waals surface area contributed by atoms with Gasteiger partial charge in [-0.25, -0.2) is 0 Å². The molecule has 2 rings (SSSR count). The highest BCUT2D eigenvalue weighted by atomic mass is 35.5. The second-order valence-corrected chi connectivity index (χ2v) is 5.94. The number of carbonyl (C=O) groups is 1. The van der Waals surface area contributed by atoms with Crippen molar-refractivity contribution in [2.24, 2.45) is 11.1 Å². The number of carbonyl (C=O) groups excluding carboxylic acids is 1. The molecule has 0 bridgehead atoms. The van der Waals surface area contributed by atoms with Gasteiger partial charge in [0.05, 0.1) is 5.41 Å². The first-order valence-corrected chi connectivity index (χ1v) is 7.96. The van der Waals surface area contributed by atoms with Crippen molar-refractivity contribution in [2.75, 3.05) is 25.0 Å². The van der Waals surface area contributed by atoms with Crippen LogP contribution in [0.25, 0.3) is 0 Å². The average Bonchev–Trinajstić information content (AvgIpc) is 2.99. The summed E-state index contributed by atoms with van der Waals surface area (Å²) in [5.74, 6) is 0.229. The molecule has 1 aromatic carbocycles. The standard InChI is InChI=1S/C17H27N3O.2ClH/c1-3-17(4-2,13-18)16(21)20-11-10-15(12-20)19-14-8-6-5-7-9-14;;/h5-9,15,19H,3-4,10-13,18H2,1-2H3;2*1H. The van der Waals surface area contributed by atoms with Gasteiger partial charge in [-0.1, -0.05) is 32.0 Å². The lowest BCUT2D eigenvalue weighted by Crippen LogP contribution is -2.47. The Morgan fingerprint density at radius 1 is 1.26 bits per heavy atom. The first-order chi connectivity index (χ1) is 10.1. The third-order valence-corrected chi connectivity index (χ3v) is 4.82. The summed E-state index contributed by atoms with van der Waals surface area (Å²) in [7, 11) is 0. The summed E-state index contributed by atoms with van der Waals surface area (Å²) in [6.07, 6.45) is 2.62. The maximum absolute atomic E-state index is 12.8. The predicted molar refractivity (Wildman–Crippen MR) is 102 cm³/mol. The molecule has 0 saturated carbocycles. The van der Waals surface area contributed by atoms with Crippen LogP contribution in [0, 0.1) is 5.41 Å². The summed E-state index contributed by atoms with van der Waals surface area (Å²) in [5, 5.41) is 3.51. The van der Waals surface area contributed by atoms with E-state index in [0.717, 1.165) is 38.0 Å². The molecule has 132 valence electrons. The first kappa shape index (κ1) is 22.0. The SMILES string of the molecule is CCC(CC)(CN)C(=O)N1CCC(Nc2ccccc2)C1.Cl.Cl. The molecule has 4 nitrogen and oxygen atoms in total. The summed E-state index contributed by atoms with van der Waals surface area (Å²) in [6.45, 7) is 6.15. The second kappa shape index (κ2) is 10.0. The van der Waals surface area contributed by atoms with Crippen molar-refractivity contribution in [3.8, 4) is 0 Å². The number of halogens is 2. The summed E-state index contributed by atoms with van der Waals surface area (Å²) in [4.78, 5) is 14.8. The smallest absolute Gasteiger partial charge is 0.230 e. The van der Waals surface area contributed by atoms with E-state index in [1.54, 1.807) is 0 Å². The molecule has 0 radical (unpaired) electrons. The van der Waals surface area contributed by atoms with Crippen molar-refractivity contribution in [3.05, 3.63) is 30.3 Å². The molecule has 0 spiro atoms. The Morgan fingerprint density at radius 3 is 2.39 bits per heavy atom. The van der Waals surface area contributed by atoms with Gasteiger partial charge in [0.25, 0.3) is 0 Å². The van der Waals surface area contributed by atoms with E-state index < -0.39 is 0 Å². The molecule has 1 saturated heterocycles. The van der Waals surface area contributed by atoms with E-state index in [1.807, 2.05) is 23.1 Å². The lowest BCUT2D eigenvalue weighted by atomic mass is 9.81. The highest BCUT2D eigenvalue weighted by Crippen LogP contribution is 2.29. The monoisotopic (exact) mass is 361 g/mol. The third-order valence-electron chi connectivity index (χ3n) is 4.82. The van der Waals surface area contributed by atoms with E-state index in [1.165, 1.54) is 0 Å². The Bertz CT molecular complexity index is 458. The molecule has 23 heavy (non-hydrogen) atoms. The second-order valence-electron chi connectivity index (χ2n) is 5.94. The lowest BCUT2D eigenvalue weighted by molar-refractivity contribution is -0.141. The molecule has 1 amide bonds. The van der Waals surface area contributed by atoms with E-state index >= 15 is 0 Å². The Labute approximate surface area is 152 Å². The number of hydrogen-bond acceptors (Lipinski definition) is 3. The highest BCUT2D eigenvalue weighted by Gasteiger charge is 2.39. The fraction of sp³-hybridized carbons (Fsp3) is 0.588. The number of hydrogen-bond donors (Lipinski definition) is 2. The highest BCUT2D eigenvalue weighted by molar-refractivity contribution is 5.85. The lowest BCUT2D eigenvalue weighted by Gasteiger charge is -2.33. The topological polar surface area (TPSA) is 58.4 Å². The van der Waals surface area contributed by atoms with Crippen molar-refractivity contribution in [2.45, 2.75) is 39.2 Å². The van der Waals surface area contributed by atoms with Crippen molar-refractivity contribution in [1.82, 2.24) is 4.90 Å². The van der Waals surface area contributed by atoms with Crippen LogP contribution in [-0.4, -0.2) is 36.5 Å². The normalized spacial score (nSPS) is 17.2. The number of nitrogens with zero attached hydrogens (tertiary/aromatic N) is 1. The van der Waals surface area contributed by atoms with Crippen molar-refractivity contribution in [1.29, 1.82) is 0 Å². The van der Waals surface area contributed by atoms with Crippen molar-refractivity contribution < 1.29 is 4.79 Å². The number of benzene rings is 1. The molecule has 0 aliphatic carbocycles. The summed E-state index contributed by atoms with van der Waals surface area (Å²) in [5.41, 5.74) is 6.64. The number of rotatable bonds is 6. The van der Waals surface area contributed by atoms with Gasteiger partial charge < -0.3 is 16.0 Å². The van der Waals surface area contributed by atoms with Gasteiger partial charge in [-0.05, 0) is 31.4 Å². The van der Waals surface area contributed by atoms with Crippen LogP contribution in [0.3, 0.4) is 0 Å². The van der Waals surface area contributed by atoms with Gasteiger partial charge >= 0.3 is 0 Å². The van der Waals surface area contributed by atoms with Gasteiger partial charge in [-0.2, -0.15) is 0 Å². The number of para-hydroxylation sites is 1. The summed E-state index contributed by atoms with van der Waals surface area (Å²) in [6, 6.07) is 10.5. The van der Waals surface area contributed by atoms with Gasteiger partial charge in [-0.3, -0.25) is 4.79 Å². The Morgan fingerprint density at radius 2 is 1.87 bits per heavy atom. The largest absolute Gasteiger partial charge is 0.380 e. The minimum atomic E-state index is -0.373. The minimum Gasteiger partial charge on any atom is -0.380 e. The number of anilines is 1. The van der Waals surface area contributed by atoms with Crippen LogP contribution in [0.5, 0.6) is 0 Å². The van der Waals surface area contributed by atoms with Crippen LogP contribution in [0.4, 0.5) is 5.69 Å². The molecular formula is C17H29Cl2N3O. The van der Waals surface area contributed by atoms with Crippen LogP contribution in [0.1, 0.15) is 33.1 Å². The van der Waals surface area contributed by atoms with Gasteiger partial charge in [-0.15, -0.1) is 24.8 Å². The zero-order valence-electron chi connectivity index (χ0n) is 14.0. The zero-order valence-corrected chi connectivity index (χ0v) is 15.6. The Balaban J connectivity index is 0.00000242.